The largest absolute Gasteiger partial charge is 0.462 e. The lowest BCUT2D eigenvalue weighted by Gasteiger charge is -2.18. The lowest BCUT2D eigenvalue weighted by molar-refractivity contribution is -0.167. The number of hydrogen-bond donors (Lipinski definition) is 0. The predicted molar refractivity (Wildman–Crippen MR) is 362 cm³/mol. The Morgan fingerprint density at radius 2 is 0.470 bits per heavy atom. The van der Waals surface area contributed by atoms with Crippen molar-refractivity contribution in [2.45, 2.75) is 374 Å². The van der Waals surface area contributed by atoms with E-state index in [1.807, 2.05) is 0 Å². The summed E-state index contributed by atoms with van der Waals surface area (Å²) in [7, 11) is 0. The molecule has 0 spiro atoms. The zero-order valence-corrected chi connectivity index (χ0v) is 55.2. The number of rotatable bonds is 66. The number of carbonyl (C=O) groups excluding carboxylic acids is 3. The SMILES string of the molecule is CC/C=C\C/C=C\C/C=C\C/C=C\C/C=C\C/C=C\CCCCCCCCCCC(=O)OCC(COC(=O)CCCCCCCCCCCCCCCCCCCCC)OC(=O)CCCCCCCCCCC/C=C\CCCCCCCC. The van der Waals surface area contributed by atoms with Gasteiger partial charge in [-0.1, -0.05) is 337 Å². The predicted octanol–water partition coefficient (Wildman–Crippen LogP) is 25.0. The number of esters is 3. The minimum atomic E-state index is -0.782. The van der Waals surface area contributed by atoms with Gasteiger partial charge in [-0.25, -0.2) is 0 Å². The van der Waals surface area contributed by atoms with Gasteiger partial charge in [0.25, 0.3) is 0 Å². The highest BCUT2D eigenvalue weighted by molar-refractivity contribution is 5.71. The molecular weight excluding hydrogens is 1020 g/mol. The molecule has 0 aliphatic rings. The fraction of sp³-hybridized carbons (Fsp3) is 0.779. The van der Waals surface area contributed by atoms with Gasteiger partial charge in [0.15, 0.2) is 6.10 Å². The van der Waals surface area contributed by atoms with Crippen LogP contribution < -0.4 is 0 Å². The highest BCUT2D eigenvalue weighted by atomic mass is 16.6. The highest BCUT2D eigenvalue weighted by Gasteiger charge is 2.19. The van der Waals surface area contributed by atoms with E-state index in [1.54, 1.807) is 0 Å². The molecule has 0 bridgehead atoms. The van der Waals surface area contributed by atoms with E-state index in [1.165, 1.54) is 225 Å². The van der Waals surface area contributed by atoms with E-state index < -0.39 is 6.10 Å². The Bertz CT molecular complexity index is 1570. The van der Waals surface area contributed by atoms with Crippen LogP contribution in [-0.2, 0) is 28.6 Å². The summed E-state index contributed by atoms with van der Waals surface area (Å²) in [5.41, 5.74) is 0. The molecule has 0 aromatic heterocycles. The molecule has 0 heterocycles. The summed E-state index contributed by atoms with van der Waals surface area (Å²) < 4.78 is 17.0. The third-order valence-electron chi connectivity index (χ3n) is 15.9. The third-order valence-corrected chi connectivity index (χ3v) is 15.9. The van der Waals surface area contributed by atoms with Gasteiger partial charge in [0, 0.05) is 19.3 Å². The van der Waals surface area contributed by atoms with Crippen LogP contribution in [-0.4, -0.2) is 37.2 Å². The van der Waals surface area contributed by atoms with Crippen molar-refractivity contribution in [2.75, 3.05) is 13.2 Å². The van der Waals surface area contributed by atoms with Gasteiger partial charge in [-0.05, 0) is 96.3 Å². The molecule has 6 nitrogen and oxygen atoms in total. The summed E-state index contributed by atoms with van der Waals surface area (Å²) in [5, 5.41) is 0. The van der Waals surface area contributed by atoms with Gasteiger partial charge in [0.2, 0.25) is 0 Å². The maximum atomic E-state index is 13.0. The van der Waals surface area contributed by atoms with E-state index in [0.717, 1.165) is 103 Å². The van der Waals surface area contributed by atoms with Crippen LogP contribution >= 0.6 is 0 Å². The number of allylic oxidation sites excluding steroid dienone is 14. The smallest absolute Gasteiger partial charge is 0.306 e. The minimum absolute atomic E-state index is 0.0755. The highest BCUT2D eigenvalue weighted by Crippen LogP contribution is 2.18. The van der Waals surface area contributed by atoms with Crippen molar-refractivity contribution in [3.63, 3.8) is 0 Å². The second kappa shape index (κ2) is 71.1. The molecule has 480 valence electrons. The lowest BCUT2D eigenvalue weighted by atomic mass is 10.0. The minimum Gasteiger partial charge on any atom is -0.462 e. The first-order valence-corrected chi connectivity index (χ1v) is 36.1. The molecule has 83 heavy (non-hydrogen) atoms. The molecule has 0 saturated heterocycles. The molecule has 0 aliphatic heterocycles. The molecule has 0 radical (unpaired) electrons. The molecule has 0 saturated carbocycles. The summed E-state index contributed by atoms with van der Waals surface area (Å²) >= 11 is 0. The molecular formula is C77H136O6. The Hall–Kier alpha value is -3.41. The van der Waals surface area contributed by atoms with Crippen molar-refractivity contribution in [3.8, 4) is 0 Å². The van der Waals surface area contributed by atoms with Crippen LogP contribution in [0.2, 0.25) is 0 Å². The van der Waals surface area contributed by atoms with Gasteiger partial charge in [-0.15, -0.1) is 0 Å². The Balaban J connectivity index is 4.35. The first-order valence-electron chi connectivity index (χ1n) is 36.1. The summed E-state index contributed by atoms with van der Waals surface area (Å²) in [6.45, 7) is 6.58. The maximum Gasteiger partial charge on any atom is 0.306 e. The molecule has 0 aromatic rings. The van der Waals surface area contributed by atoms with Gasteiger partial charge in [0.05, 0.1) is 0 Å². The molecule has 0 fully saturated rings. The van der Waals surface area contributed by atoms with E-state index in [2.05, 4.69) is 106 Å². The van der Waals surface area contributed by atoms with Crippen LogP contribution in [0, 0.1) is 0 Å². The van der Waals surface area contributed by atoms with Crippen molar-refractivity contribution < 1.29 is 28.6 Å². The third kappa shape index (κ3) is 69.3. The van der Waals surface area contributed by atoms with Crippen molar-refractivity contribution >= 4 is 17.9 Å². The van der Waals surface area contributed by atoms with Crippen LogP contribution in [0.15, 0.2) is 85.1 Å². The van der Waals surface area contributed by atoms with Crippen LogP contribution in [0.1, 0.15) is 367 Å². The van der Waals surface area contributed by atoms with Crippen molar-refractivity contribution in [1.82, 2.24) is 0 Å². The molecule has 0 aliphatic carbocycles. The lowest BCUT2D eigenvalue weighted by Crippen LogP contribution is -2.30. The average Bonchev–Trinajstić information content (AvgIpc) is 3.50. The zero-order valence-electron chi connectivity index (χ0n) is 55.2. The second-order valence-electron chi connectivity index (χ2n) is 24.1. The molecule has 1 atom stereocenters. The van der Waals surface area contributed by atoms with E-state index in [-0.39, 0.29) is 31.1 Å². The van der Waals surface area contributed by atoms with Crippen molar-refractivity contribution in [2.24, 2.45) is 0 Å². The quantitative estimate of drug-likeness (QED) is 0.0261. The zero-order chi connectivity index (χ0) is 59.9. The van der Waals surface area contributed by atoms with E-state index >= 15 is 0 Å². The molecule has 0 aromatic carbocycles. The number of unbranched alkanes of at least 4 members (excludes halogenated alkanes) is 41. The fourth-order valence-electron chi connectivity index (χ4n) is 10.5. The first kappa shape index (κ1) is 79.6. The molecule has 0 N–H and O–H groups in total. The molecule has 0 rings (SSSR count). The summed E-state index contributed by atoms with van der Waals surface area (Å²) in [5.74, 6) is -0.864. The van der Waals surface area contributed by atoms with Gasteiger partial charge in [-0.3, -0.25) is 14.4 Å². The van der Waals surface area contributed by atoms with Gasteiger partial charge in [0.1, 0.15) is 13.2 Å². The van der Waals surface area contributed by atoms with Gasteiger partial charge < -0.3 is 14.2 Å². The van der Waals surface area contributed by atoms with Crippen LogP contribution in [0.25, 0.3) is 0 Å². The molecule has 1 unspecified atom stereocenters. The van der Waals surface area contributed by atoms with Crippen molar-refractivity contribution in [3.05, 3.63) is 85.1 Å². The number of hydrogen-bond acceptors (Lipinski definition) is 6. The van der Waals surface area contributed by atoms with Gasteiger partial charge >= 0.3 is 17.9 Å². The summed E-state index contributed by atoms with van der Waals surface area (Å²) in [6.07, 6.45) is 94.6. The van der Waals surface area contributed by atoms with E-state index in [9.17, 15) is 14.4 Å². The van der Waals surface area contributed by atoms with Crippen LogP contribution in [0.4, 0.5) is 0 Å². The van der Waals surface area contributed by atoms with E-state index in [4.69, 9.17) is 14.2 Å². The average molecular weight is 1160 g/mol. The van der Waals surface area contributed by atoms with Crippen LogP contribution in [0.5, 0.6) is 0 Å². The maximum absolute atomic E-state index is 13.0. The first-order chi connectivity index (χ1) is 41.0. The Morgan fingerprint density at radius 1 is 0.253 bits per heavy atom. The second-order valence-corrected chi connectivity index (χ2v) is 24.1. The topological polar surface area (TPSA) is 78.9 Å². The van der Waals surface area contributed by atoms with Gasteiger partial charge in [-0.2, -0.15) is 0 Å². The molecule has 0 amide bonds. The normalized spacial score (nSPS) is 12.6. The van der Waals surface area contributed by atoms with Crippen molar-refractivity contribution in [1.29, 1.82) is 0 Å². The standard InChI is InChI=1S/C77H136O6/c1-4-7-10-13-16-19-22-25-28-31-34-35-36-37-38-39-40-41-44-46-49-52-55-58-61-64-67-70-76(79)82-73-74(83-77(80)71-68-65-62-59-56-53-50-47-43-33-30-27-24-21-18-15-12-9-6-3)72-81-75(78)69-66-63-60-57-54-51-48-45-42-32-29-26-23-20-17-14-11-8-5-2/h7,10,16,19,25,27-28,30,34-35,37-38,40-41,74H,4-6,8-9,11-15,17-18,20-24,26,29,31-33,36,39,42-73H2,1-3H3/b10-7-,19-16-,28-25-,30-27-,35-34-,38-37-,41-40-. The van der Waals surface area contributed by atoms with Crippen LogP contribution in [0.3, 0.4) is 0 Å². The Morgan fingerprint density at radius 3 is 0.747 bits per heavy atom. The fourth-order valence-corrected chi connectivity index (χ4v) is 10.5. The van der Waals surface area contributed by atoms with E-state index in [0.29, 0.717) is 19.3 Å². The summed E-state index contributed by atoms with van der Waals surface area (Å²) in [6, 6.07) is 0. The summed E-state index contributed by atoms with van der Waals surface area (Å²) in [4.78, 5) is 38.5. The Labute approximate surface area is 515 Å². The Kier molecular flexibility index (Phi) is 68.2. The molecule has 6 heteroatoms. The number of ether oxygens (including phenoxy) is 3. The number of carbonyl (C=O) groups is 3. The monoisotopic (exact) mass is 1160 g/mol.